The maximum absolute atomic E-state index is 0. The average Bonchev–Trinajstić information content (AvgIpc) is 0. The van der Waals surface area contributed by atoms with E-state index in [2.05, 4.69) is 0 Å². The first-order chi connectivity index (χ1) is 0. The van der Waals surface area contributed by atoms with Crippen molar-refractivity contribution in [3.05, 3.63) is 0 Å². The van der Waals surface area contributed by atoms with Crippen LogP contribution in [0.15, 0.2) is 0 Å². The molecule has 0 saturated carbocycles. The van der Waals surface area contributed by atoms with E-state index < -0.39 is 0 Å². The summed E-state index contributed by atoms with van der Waals surface area (Å²) in [6.07, 6.45) is 0. The first kappa shape index (κ1) is 83.0. The van der Waals surface area contributed by atoms with E-state index in [1.807, 2.05) is 0 Å². The van der Waals surface area contributed by atoms with Crippen LogP contribution in [0.2, 0.25) is 0 Å². The molecule has 0 spiro atoms. The molecule has 2 nitrogen and oxygen atoms in total. The molecule has 0 heterocycles. The van der Waals surface area contributed by atoms with Gasteiger partial charge in [0.1, 0.15) is 0 Å². The molecular weight excluding hydrogens is 114 g/mol. The van der Waals surface area contributed by atoms with Crippen LogP contribution in [0.3, 0.4) is 0 Å². The molecule has 0 aliphatic rings. The van der Waals surface area contributed by atoms with Gasteiger partial charge in [-0.25, -0.2) is 0 Å². The SMILES string of the molecule is [Al].[Mn].[O-2].[O-2]. The molecule has 0 aliphatic carbocycles. The molecule has 0 atom stereocenters. The summed E-state index contributed by atoms with van der Waals surface area (Å²) in [6, 6.07) is 0. The molecule has 0 aromatic rings. The fourth-order valence-electron chi connectivity index (χ4n) is 0. The van der Waals surface area contributed by atoms with E-state index in [9.17, 15) is 0 Å². The summed E-state index contributed by atoms with van der Waals surface area (Å²) in [5, 5.41) is 0. The van der Waals surface area contributed by atoms with E-state index in [-0.39, 0.29) is 45.4 Å². The zero-order valence-electron chi connectivity index (χ0n) is 1.77. The zero-order chi connectivity index (χ0) is 0. The van der Waals surface area contributed by atoms with Crippen molar-refractivity contribution in [3.63, 3.8) is 0 Å². The molecule has 0 aromatic carbocycles. The second-order valence-electron chi connectivity index (χ2n) is 0. The van der Waals surface area contributed by atoms with Crippen molar-refractivity contribution in [2.75, 3.05) is 0 Å². The molecule has 0 amide bonds. The topological polar surface area (TPSA) is 57.0 Å². The van der Waals surface area contributed by atoms with Crippen molar-refractivity contribution in [2.24, 2.45) is 0 Å². The minimum atomic E-state index is 0. The molecule has 4 radical (unpaired) electrons. The van der Waals surface area contributed by atoms with Crippen molar-refractivity contribution >= 4 is 17.4 Å². The Kier molecular flexibility index (Phi) is 771. The first-order valence-electron chi connectivity index (χ1n) is 0. The third-order valence-corrected chi connectivity index (χ3v) is 0. The Morgan fingerprint density at radius 3 is 0.750 bits per heavy atom. The number of rotatable bonds is 0. The predicted molar refractivity (Wildman–Crippen MR) is 7.13 cm³/mol. The molecule has 0 aromatic heterocycles. The average molecular weight is 114 g/mol. The largest absolute Gasteiger partial charge is 2.00 e. The van der Waals surface area contributed by atoms with Crippen LogP contribution < -0.4 is 0 Å². The molecule has 0 N–H and O–H groups in total. The summed E-state index contributed by atoms with van der Waals surface area (Å²) < 4.78 is 0. The van der Waals surface area contributed by atoms with Gasteiger partial charge in [-0.2, -0.15) is 0 Å². The Bertz CT molecular complexity index is 6.00. The maximum atomic E-state index is 0. The smallest absolute Gasteiger partial charge is 0 e. The van der Waals surface area contributed by atoms with Crippen LogP contribution in [0, 0.1) is 0 Å². The fraction of sp³-hybridized carbons (Fsp3) is 0. The van der Waals surface area contributed by atoms with Gasteiger partial charge in [-0.1, -0.05) is 0 Å². The van der Waals surface area contributed by atoms with Crippen LogP contribution in [0.4, 0.5) is 0 Å². The van der Waals surface area contributed by atoms with Gasteiger partial charge in [0.15, 0.2) is 0 Å². The van der Waals surface area contributed by atoms with Crippen LogP contribution in [0.5, 0.6) is 0 Å². The third-order valence-electron chi connectivity index (χ3n) is 0. The van der Waals surface area contributed by atoms with Gasteiger partial charge >= 0.3 is 0 Å². The summed E-state index contributed by atoms with van der Waals surface area (Å²) in [5.74, 6) is 0. The number of hydrogen-bond acceptors (Lipinski definition) is 0. The van der Waals surface area contributed by atoms with Crippen molar-refractivity contribution in [1.82, 2.24) is 0 Å². The van der Waals surface area contributed by atoms with Crippen LogP contribution in [-0.2, 0) is 28.0 Å². The van der Waals surface area contributed by atoms with Gasteiger partial charge in [-0.05, 0) is 0 Å². The normalized spacial score (nSPS) is 0. The molecule has 26 valence electrons. The zero-order valence-corrected chi connectivity index (χ0v) is 4.11. The number of hydrogen-bond donors (Lipinski definition) is 0. The molecule has 0 rings (SSSR count). The minimum Gasteiger partial charge on any atom is -2.00 e. The molecule has 0 saturated heterocycles. The maximum Gasteiger partial charge on any atom is 0 e. The Hall–Kier alpha value is 0.972. The van der Waals surface area contributed by atoms with E-state index in [0.717, 1.165) is 0 Å². The van der Waals surface area contributed by atoms with Crippen molar-refractivity contribution < 1.29 is 28.0 Å². The van der Waals surface area contributed by atoms with Gasteiger partial charge in [0.05, 0.1) is 0 Å². The van der Waals surface area contributed by atoms with Crippen LogP contribution in [0.25, 0.3) is 0 Å². The van der Waals surface area contributed by atoms with Gasteiger partial charge in [0.25, 0.3) is 0 Å². The minimum absolute atomic E-state index is 0. The monoisotopic (exact) mass is 114 g/mol. The van der Waals surface area contributed by atoms with Crippen LogP contribution >= 0.6 is 0 Å². The van der Waals surface area contributed by atoms with Gasteiger partial charge in [-0.15, -0.1) is 0 Å². The van der Waals surface area contributed by atoms with Gasteiger partial charge in [-0.3, -0.25) is 0 Å². The Labute approximate surface area is 45.8 Å². The van der Waals surface area contributed by atoms with Crippen LogP contribution in [0.1, 0.15) is 0 Å². The van der Waals surface area contributed by atoms with E-state index in [4.69, 9.17) is 0 Å². The fourth-order valence-corrected chi connectivity index (χ4v) is 0. The third kappa shape index (κ3) is 12.2. The second-order valence-corrected chi connectivity index (χ2v) is 0. The van der Waals surface area contributed by atoms with Gasteiger partial charge in [0, 0.05) is 34.4 Å². The Morgan fingerprint density at radius 1 is 0.750 bits per heavy atom. The molecule has 0 unspecified atom stereocenters. The van der Waals surface area contributed by atoms with E-state index in [1.54, 1.807) is 0 Å². The van der Waals surface area contributed by atoms with E-state index in [0.29, 0.717) is 0 Å². The molecule has 4 heavy (non-hydrogen) atoms. The second kappa shape index (κ2) is 37.1. The predicted octanol–water partition coefficient (Wildman–Crippen LogP) is -0.621. The van der Waals surface area contributed by atoms with E-state index in [1.165, 1.54) is 0 Å². The first-order valence-corrected chi connectivity index (χ1v) is 0. The van der Waals surface area contributed by atoms with Crippen molar-refractivity contribution in [2.45, 2.75) is 0 Å². The standard InChI is InChI=1S/Al.Mn.2O/q;;2*-2. The van der Waals surface area contributed by atoms with Gasteiger partial charge in [0.2, 0.25) is 0 Å². The van der Waals surface area contributed by atoms with Crippen LogP contribution in [-0.4, -0.2) is 17.4 Å². The summed E-state index contributed by atoms with van der Waals surface area (Å²) in [5.41, 5.74) is 0. The summed E-state index contributed by atoms with van der Waals surface area (Å²) >= 11 is 0. The quantitative estimate of drug-likeness (QED) is 0.377. The van der Waals surface area contributed by atoms with Crippen molar-refractivity contribution in [1.29, 1.82) is 0 Å². The summed E-state index contributed by atoms with van der Waals surface area (Å²) in [7, 11) is 0. The molecule has 0 fully saturated rings. The molecule has 4 heteroatoms. The molecular formula is AlMnO2-4. The van der Waals surface area contributed by atoms with E-state index >= 15 is 0 Å². The Balaban J connectivity index is 0. The Morgan fingerprint density at radius 2 is 0.750 bits per heavy atom. The summed E-state index contributed by atoms with van der Waals surface area (Å²) in [4.78, 5) is 0. The molecule has 0 aliphatic heterocycles. The molecule has 0 bridgehead atoms. The van der Waals surface area contributed by atoms with Gasteiger partial charge < -0.3 is 11.0 Å². The van der Waals surface area contributed by atoms with Crippen molar-refractivity contribution in [3.8, 4) is 0 Å². The summed E-state index contributed by atoms with van der Waals surface area (Å²) in [6.45, 7) is 0.